The zero-order valence-corrected chi connectivity index (χ0v) is 17.5. The number of nitrogens with zero attached hydrogens (tertiary/aromatic N) is 1. The topological polar surface area (TPSA) is 81.4 Å². The second-order valence-corrected chi connectivity index (χ2v) is 7.62. The van der Waals surface area contributed by atoms with E-state index < -0.39 is 11.9 Å². The number of halogens is 1. The number of esters is 1. The van der Waals surface area contributed by atoms with E-state index in [1.165, 1.54) is 36.7 Å². The van der Waals surface area contributed by atoms with Gasteiger partial charge < -0.3 is 9.15 Å². The predicted molar refractivity (Wildman–Crippen MR) is 117 cm³/mol. The van der Waals surface area contributed by atoms with Gasteiger partial charge in [0.15, 0.2) is 0 Å². The fourth-order valence-corrected chi connectivity index (χ4v) is 4.08. The van der Waals surface area contributed by atoms with E-state index in [2.05, 4.69) is 10.3 Å². The number of aryl methyl sites for hydroxylation is 1. The maximum absolute atomic E-state index is 13.0. The largest absolute Gasteiger partial charge is 0.465 e. The standard InChI is InChI=1S/C23H17FN2O4S/c1-13-19(23(28)29-2)20(22-25-16-5-3-4-6-17(16)31-22)21(30-13)26-18(27)12-9-14-7-10-15(24)11-8-14/h3-12H,1-2H3,(H,26,27)/b12-9+. The van der Waals surface area contributed by atoms with Crippen molar-refractivity contribution in [3.05, 3.63) is 77.3 Å². The summed E-state index contributed by atoms with van der Waals surface area (Å²) < 4.78 is 24.6. The van der Waals surface area contributed by atoms with E-state index >= 15 is 0 Å². The number of hydrogen-bond acceptors (Lipinski definition) is 6. The van der Waals surface area contributed by atoms with Gasteiger partial charge in [0, 0.05) is 6.08 Å². The summed E-state index contributed by atoms with van der Waals surface area (Å²) in [5.74, 6) is -1.01. The minimum atomic E-state index is -0.585. The first-order valence-corrected chi connectivity index (χ1v) is 10.1. The van der Waals surface area contributed by atoms with Crippen LogP contribution in [-0.4, -0.2) is 24.0 Å². The van der Waals surface area contributed by atoms with Crippen LogP contribution in [0.2, 0.25) is 0 Å². The van der Waals surface area contributed by atoms with Crippen molar-refractivity contribution in [1.82, 2.24) is 4.98 Å². The molecular formula is C23H17FN2O4S. The molecule has 2 heterocycles. The van der Waals surface area contributed by atoms with Gasteiger partial charge in [0.1, 0.15) is 22.1 Å². The Morgan fingerprint density at radius 1 is 1.16 bits per heavy atom. The zero-order chi connectivity index (χ0) is 22.0. The number of methoxy groups -OCH3 is 1. The summed E-state index contributed by atoms with van der Waals surface area (Å²) in [6.45, 7) is 1.62. The average Bonchev–Trinajstić information content (AvgIpc) is 3.33. The second kappa shape index (κ2) is 8.53. The van der Waals surface area contributed by atoms with Gasteiger partial charge in [0.2, 0.25) is 5.88 Å². The lowest BCUT2D eigenvalue weighted by Gasteiger charge is -2.03. The molecule has 0 radical (unpaired) electrons. The Kier molecular flexibility index (Phi) is 5.64. The molecule has 0 fully saturated rings. The highest BCUT2D eigenvalue weighted by molar-refractivity contribution is 7.21. The molecule has 156 valence electrons. The van der Waals surface area contributed by atoms with Crippen LogP contribution in [0.1, 0.15) is 21.7 Å². The van der Waals surface area contributed by atoms with Crippen LogP contribution in [-0.2, 0) is 9.53 Å². The molecule has 1 amide bonds. The fourth-order valence-electron chi connectivity index (χ4n) is 3.06. The molecule has 2 aromatic carbocycles. The van der Waals surface area contributed by atoms with Gasteiger partial charge >= 0.3 is 5.97 Å². The van der Waals surface area contributed by atoms with E-state index in [0.717, 1.165) is 10.2 Å². The molecule has 0 saturated heterocycles. The number of anilines is 1. The van der Waals surface area contributed by atoms with Crippen molar-refractivity contribution in [2.45, 2.75) is 6.92 Å². The Hall–Kier alpha value is -3.78. The van der Waals surface area contributed by atoms with Gasteiger partial charge in [-0.1, -0.05) is 24.3 Å². The molecule has 0 aliphatic carbocycles. The monoisotopic (exact) mass is 436 g/mol. The Bertz CT molecular complexity index is 1270. The van der Waals surface area contributed by atoms with Crippen LogP contribution in [0.5, 0.6) is 0 Å². The summed E-state index contributed by atoms with van der Waals surface area (Å²) in [5, 5.41) is 3.19. The van der Waals surface area contributed by atoms with Gasteiger partial charge in [0.25, 0.3) is 5.91 Å². The number of fused-ring (bicyclic) bond motifs is 1. The van der Waals surface area contributed by atoms with Crippen molar-refractivity contribution in [2.24, 2.45) is 0 Å². The van der Waals surface area contributed by atoms with Crippen molar-refractivity contribution in [3.63, 3.8) is 0 Å². The van der Waals surface area contributed by atoms with E-state index in [0.29, 0.717) is 21.9 Å². The first kappa shape index (κ1) is 20.5. The number of hydrogen-bond donors (Lipinski definition) is 1. The van der Waals surface area contributed by atoms with Crippen LogP contribution in [0, 0.1) is 12.7 Å². The van der Waals surface area contributed by atoms with E-state index in [4.69, 9.17) is 9.15 Å². The van der Waals surface area contributed by atoms with Crippen LogP contribution in [0.15, 0.2) is 59.0 Å². The number of thiazole rings is 1. The molecule has 0 bridgehead atoms. The molecule has 8 heteroatoms. The fraction of sp³-hybridized carbons (Fsp3) is 0.0870. The maximum atomic E-state index is 13.0. The molecule has 31 heavy (non-hydrogen) atoms. The van der Waals surface area contributed by atoms with E-state index in [1.54, 1.807) is 25.1 Å². The molecule has 0 spiro atoms. The van der Waals surface area contributed by atoms with Crippen LogP contribution < -0.4 is 5.32 Å². The highest BCUT2D eigenvalue weighted by Gasteiger charge is 2.28. The van der Waals surface area contributed by atoms with E-state index in [-0.39, 0.29) is 17.3 Å². The summed E-state index contributed by atoms with van der Waals surface area (Å²) in [6, 6.07) is 13.3. The third-order valence-electron chi connectivity index (χ3n) is 4.52. The number of carbonyl (C=O) groups excluding carboxylic acids is 2. The molecule has 1 N–H and O–H groups in total. The molecule has 4 aromatic rings. The summed E-state index contributed by atoms with van der Waals surface area (Å²) in [7, 11) is 1.28. The van der Waals surface area contributed by atoms with E-state index in [1.807, 2.05) is 24.3 Å². The quantitative estimate of drug-likeness (QED) is 0.333. The van der Waals surface area contributed by atoms with Crippen LogP contribution in [0.25, 0.3) is 26.9 Å². The van der Waals surface area contributed by atoms with Crippen molar-refractivity contribution in [2.75, 3.05) is 12.4 Å². The highest BCUT2D eigenvalue weighted by Crippen LogP contribution is 2.40. The number of aromatic nitrogens is 1. The molecule has 0 saturated carbocycles. The SMILES string of the molecule is COC(=O)c1c(C)oc(NC(=O)/C=C/c2ccc(F)cc2)c1-c1nc2ccccc2s1. The lowest BCUT2D eigenvalue weighted by Crippen LogP contribution is -2.09. The van der Waals surface area contributed by atoms with E-state index in [9.17, 15) is 14.0 Å². The number of nitrogens with one attached hydrogen (secondary N) is 1. The Balaban J connectivity index is 1.71. The molecule has 0 unspecified atom stereocenters. The van der Waals surface area contributed by atoms with Crippen LogP contribution >= 0.6 is 11.3 Å². The molecule has 0 aliphatic heterocycles. The summed E-state index contributed by atoms with van der Waals surface area (Å²) >= 11 is 1.37. The number of para-hydroxylation sites is 1. The first-order valence-electron chi connectivity index (χ1n) is 9.28. The van der Waals surface area contributed by atoms with Crippen molar-refractivity contribution in [3.8, 4) is 10.6 Å². The molecule has 0 atom stereocenters. The summed E-state index contributed by atoms with van der Waals surface area (Å²) in [6.07, 6.45) is 2.84. The smallest absolute Gasteiger partial charge is 0.342 e. The average molecular weight is 436 g/mol. The molecule has 2 aromatic heterocycles. The second-order valence-electron chi connectivity index (χ2n) is 6.59. The summed E-state index contributed by atoms with van der Waals surface area (Å²) in [5.41, 5.74) is 2.01. The molecular weight excluding hydrogens is 419 g/mol. The Labute approximate surface area is 181 Å². The number of ether oxygens (including phenoxy) is 1. The number of amides is 1. The number of furan rings is 1. The molecule has 6 nitrogen and oxygen atoms in total. The maximum Gasteiger partial charge on any atom is 0.342 e. The van der Waals surface area contributed by atoms with Crippen LogP contribution in [0.4, 0.5) is 10.3 Å². The minimum Gasteiger partial charge on any atom is -0.465 e. The third kappa shape index (κ3) is 4.24. The normalized spacial score (nSPS) is 11.2. The minimum absolute atomic E-state index is 0.103. The Morgan fingerprint density at radius 3 is 2.61 bits per heavy atom. The van der Waals surface area contributed by atoms with Gasteiger partial charge in [-0.3, -0.25) is 10.1 Å². The van der Waals surface area contributed by atoms with Crippen molar-refractivity contribution < 1.29 is 23.1 Å². The first-order chi connectivity index (χ1) is 15.0. The van der Waals surface area contributed by atoms with Crippen molar-refractivity contribution >= 4 is 45.4 Å². The van der Waals surface area contributed by atoms with Gasteiger partial charge in [-0.05, 0) is 42.8 Å². The zero-order valence-electron chi connectivity index (χ0n) is 16.6. The molecule has 0 aliphatic rings. The van der Waals surface area contributed by atoms with Crippen molar-refractivity contribution in [1.29, 1.82) is 0 Å². The van der Waals surface area contributed by atoms with Gasteiger partial charge in [0.05, 0.1) is 22.9 Å². The predicted octanol–water partition coefficient (Wildman–Crippen LogP) is 5.44. The third-order valence-corrected chi connectivity index (χ3v) is 5.57. The number of rotatable bonds is 5. The highest BCUT2D eigenvalue weighted by atomic mass is 32.1. The van der Waals surface area contributed by atoms with Gasteiger partial charge in [-0.2, -0.15) is 0 Å². The lowest BCUT2D eigenvalue weighted by atomic mass is 10.1. The van der Waals surface area contributed by atoms with Crippen LogP contribution in [0.3, 0.4) is 0 Å². The van der Waals surface area contributed by atoms with Gasteiger partial charge in [-0.15, -0.1) is 11.3 Å². The van der Waals surface area contributed by atoms with Gasteiger partial charge in [-0.25, -0.2) is 14.2 Å². The number of benzene rings is 2. The molecule has 4 rings (SSSR count). The number of carbonyl (C=O) groups is 2. The Morgan fingerprint density at radius 2 is 1.90 bits per heavy atom. The summed E-state index contributed by atoms with van der Waals surface area (Å²) in [4.78, 5) is 29.5. The lowest BCUT2D eigenvalue weighted by molar-refractivity contribution is -0.111.